The molecule has 3 saturated heterocycles. The van der Waals surface area contributed by atoms with Gasteiger partial charge < -0.3 is 39.0 Å². The van der Waals surface area contributed by atoms with Crippen LogP contribution in [0.25, 0.3) is 0 Å². The van der Waals surface area contributed by atoms with Gasteiger partial charge in [-0.1, -0.05) is 0 Å². The average molecular weight is 775 g/mol. The predicted octanol–water partition coefficient (Wildman–Crippen LogP) is 3.12. The first-order chi connectivity index (χ1) is 26.6. The van der Waals surface area contributed by atoms with Gasteiger partial charge in [-0.3, -0.25) is 4.79 Å². The van der Waals surface area contributed by atoms with Crippen molar-refractivity contribution in [1.29, 1.82) is 5.26 Å². The number of nitrogens with one attached hydrogen (secondary N) is 2. The maximum Gasteiger partial charge on any atom is 0.319 e. The number of hydrogen-bond donors (Lipinski definition) is 2. The zero-order valence-corrected chi connectivity index (χ0v) is 32.4. The Morgan fingerprint density at radius 3 is 2.42 bits per heavy atom. The van der Waals surface area contributed by atoms with Crippen molar-refractivity contribution in [2.75, 3.05) is 71.5 Å². The van der Waals surface area contributed by atoms with Crippen LogP contribution in [0.5, 0.6) is 17.4 Å². The molecule has 2 aromatic carbocycles. The van der Waals surface area contributed by atoms with E-state index in [1.165, 1.54) is 56.8 Å². The number of rotatable bonds is 11. The van der Waals surface area contributed by atoms with Gasteiger partial charge in [0.2, 0.25) is 5.88 Å². The maximum absolute atomic E-state index is 15.3. The molecule has 4 aliphatic rings. The van der Waals surface area contributed by atoms with Crippen molar-refractivity contribution in [3.8, 4) is 23.4 Å². The van der Waals surface area contributed by atoms with E-state index in [4.69, 9.17) is 18.9 Å². The minimum Gasteiger partial charge on any atom is -0.497 e. The van der Waals surface area contributed by atoms with Gasteiger partial charge >= 0.3 is 6.03 Å². The summed E-state index contributed by atoms with van der Waals surface area (Å²) in [4.78, 5) is 35.8. The Labute approximate surface area is 321 Å². The Hall–Kier alpha value is -4.95. The molecule has 0 bridgehead atoms. The highest BCUT2D eigenvalue weighted by molar-refractivity contribution is 7.93. The van der Waals surface area contributed by atoms with Crippen LogP contribution in [0.2, 0.25) is 0 Å². The number of nitriles is 1. The number of carbonyl (C=O) groups is 2. The summed E-state index contributed by atoms with van der Waals surface area (Å²) in [6, 6.07) is 13.8. The van der Waals surface area contributed by atoms with Gasteiger partial charge in [-0.25, -0.2) is 18.2 Å². The molecule has 0 saturated carbocycles. The van der Waals surface area contributed by atoms with Crippen LogP contribution in [0.1, 0.15) is 49.3 Å². The lowest BCUT2D eigenvalue weighted by molar-refractivity contribution is -0.982. The fourth-order valence-corrected chi connectivity index (χ4v) is 10.6. The van der Waals surface area contributed by atoms with Crippen molar-refractivity contribution in [3.63, 3.8) is 0 Å². The highest BCUT2D eigenvalue weighted by atomic mass is 32.2. The number of amides is 3. The summed E-state index contributed by atoms with van der Waals surface area (Å²) < 4.78 is 53.5. The number of aromatic nitrogens is 1. The Balaban J connectivity index is 1.30. The van der Waals surface area contributed by atoms with E-state index in [9.17, 15) is 18.5 Å². The normalized spacial score (nSPS) is 24.4. The monoisotopic (exact) mass is 774 g/mol. The number of ether oxygens (including phenoxy) is 4. The molecule has 0 unspecified atom stereocenters. The molecule has 3 fully saturated rings. The third kappa shape index (κ3) is 6.42. The van der Waals surface area contributed by atoms with Crippen LogP contribution in [0, 0.1) is 11.3 Å². The number of carbonyl (C=O) groups excluding carboxylic acids is 2. The standard InChI is InChI=1S/C39H47N7O8S/c1-5-54-36-31(7-6-16-42-36)39(43-38(48)44-24-28(25-44)46(27-12-17-41-18-13-27)19-14-29(51-2)15-20-46)32-21-26(23-40)8-10-33(32)45(37(39)47)55(49,50)35-11-9-30(52-3)22-34(35)53-4/h6-11,16,21-22,27-29,41H,5,12-15,17-20,24-25H2,1-4H3/p+1/t29?,39-,46?/m1/s1. The van der Waals surface area contributed by atoms with E-state index < -0.39 is 27.5 Å². The summed E-state index contributed by atoms with van der Waals surface area (Å²) in [5.74, 6) is -0.658. The van der Waals surface area contributed by atoms with E-state index in [2.05, 4.69) is 21.7 Å². The van der Waals surface area contributed by atoms with Crippen LogP contribution >= 0.6 is 0 Å². The van der Waals surface area contributed by atoms with Crippen molar-refractivity contribution in [3.05, 3.63) is 71.4 Å². The first-order valence-electron chi connectivity index (χ1n) is 18.7. The van der Waals surface area contributed by atoms with Gasteiger partial charge in [0.05, 0.1) is 82.0 Å². The van der Waals surface area contributed by atoms with E-state index >= 15 is 4.79 Å². The Bertz CT molecular complexity index is 2090. The van der Waals surface area contributed by atoms with Gasteiger partial charge in [0.1, 0.15) is 22.4 Å². The summed E-state index contributed by atoms with van der Waals surface area (Å²) in [6.45, 7) is 6.69. The van der Waals surface area contributed by atoms with Gasteiger partial charge in [-0.2, -0.15) is 9.57 Å². The van der Waals surface area contributed by atoms with Gasteiger partial charge in [0.25, 0.3) is 15.9 Å². The molecule has 55 heavy (non-hydrogen) atoms. The molecule has 7 rings (SSSR count). The molecule has 1 atom stereocenters. The van der Waals surface area contributed by atoms with E-state index in [0.29, 0.717) is 29.2 Å². The molecule has 15 nitrogen and oxygen atoms in total. The quantitative estimate of drug-likeness (QED) is 0.274. The second-order valence-corrected chi connectivity index (χ2v) is 16.2. The summed E-state index contributed by atoms with van der Waals surface area (Å²) in [6.07, 6.45) is 5.71. The number of quaternary nitrogens is 1. The number of piperidine rings is 2. The number of likely N-dealkylation sites (tertiary alicyclic amines) is 2. The molecule has 0 radical (unpaired) electrons. The molecule has 1 aromatic heterocycles. The fourth-order valence-electron chi connectivity index (χ4n) is 8.96. The number of nitrogens with zero attached hydrogens (tertiary/aromatic N) is 5. The summed E-state index contributed by atoms with van der Waals surface area (Å²) in [5, 5.41) is 16.5. The number of sulfonamides is 1. The molecular weight excluding hydrogens is 727 g/mol. The summed E-state index contributed by atoms with van der Waals surface area (Å²) in [5.41, 5.74) is -1.82. The molecule has 3 amide bonds. The molecule has 2 N–H and O–H groups in total. The number of anilines is 1. The van der Waals surface area contributed by atoms with Crippen molar-refractivity contribution in [2.45, 2.75) is 61.2 Å². The van der Waals surface area contributed by atoms with Gasteiger partial charge in [-0.05, 0) is 49.4 Å². The molecule has 5 heterocycles. The number of methoxy groups -OCH3 is 3. The van der Waals surface area contributed by atoms with Crippen LogP contribution in [0.15, 0.2) is 59.6 Å². The highest BCUT2D eigenvalue weighted by Gasteiger charge is 2.60. The molecule has 0 spiro atoms. The molecule has 292 valence electrons. The first-order valence-corrected chi connectivity index (χ1v) is 20.1. The number of hydrogen-bond acceptors (Lipinski definition) is 11. The van der Waals surface area contributed by atoms with Crippen LogP contribution in [-0.4, -0.2) is 120 Å². The topological polar surface area (TPSA) is 172 Å². The maximum atomic E-state index is 15.3. The largest absolute Gasteiger partial charge is 0.497 e. The molecular formula is C39H48N7O8S+. The third-order valence-electron chi connectivity index (χ3n) is 11.9. The molecule has 4 aliphatic heterocycles. The predicted molar refractivity (Wildman–Crippen MR) is 201 cm³/mol. The summed E-state index contributed by atoms with van der Waals surface area (Å²) >= 11 is 0. The van der Waals surface area contributed by atoms with Crippen LogP contribution in [0.4, 0.5) is 10.5 Å². The number of fused-ring (bicyclic) bond motifs is 1. The van der Waals surface area contributed by atoms with Crippen molar-refractivity contribution in [1.82, 2.24) is 20.5 Å². The van der Waals surface area contributed by atoms with Gasteiger partial charge in [0, 0.05) is 63.7 Å². The lowest BCUT2D eigenvalue weighted by Crippen LogP contribution is -2.76. The minimum atomic E-state index is -4.71. The average Bonchev–Trinajstić information content (AvgIpc) is 3.44. The fraction of sp³-hybridized carbons (Fsp3) is 0.487. The molecule has 16 heteroatoms. The van der Waals surface area contributed by atoms with Gasteiger partial charge in [-0.15, -0.1) is 0 Å². The third-order valence-corrected chi connectivity index (χ3v) is 13.6. The Kier molecular flexibility index (Phi) is 10.7. The zero-order chi connectivity index (χ0) is 39.0. The minimum absolute atomic E-state index is 0.0335. The highest BCUT2D eigenvalue weighted by Crippen LogP contribution is 2.50. The smallest absolute Gasteiger partial charge is 0.319 e. The number of benzene rings is 2. The van der Waals surface area contributed by atoms with E-state index in [0.717, 1.165) is 56.3 Å². The summed E-state index contributed by atoms with van der Waals surface area (Å²) in [7, 11) is -0.191. The number of urea groups is 1. The first kappa shape index (κ1) is 38.3. The van der Waals surface area contributed by atoms with Crippen LogP contribution in [-0.2, 0) is 25.1 Å². The number of pyridine rings is 1. The Morgan fingerprint density at radius 2 is 1.76 bits per heavy atom. The lowest BCUT2D eigenvalue weighted by atomic mass is 9.83. The van der Waals surface area contributed by atoms with Crippen molar-refractivity contribution < 1.29 is 41.4 Å². The van der Waals surface area contributed by atoms with E-state index in [1.54, 1.807) is 31.1 Å². The van der Waals surface area contributed by atoms with E-state index in [1.807, 2.05) is 0 Å². The van der Waals surface area contributed by atoms with Crippen molar-refractivity contribution >= 4 is 27.6 Å². The SMILES string of the molecule is CCOc1ncccc1[C@]1(NC(=O)N2CC([N+]3(C4CCNCC4)CCC(OC)CC3)C2)C(=O)N(S(=O)(=O)c2ccc(OC)cc2OC)c2ccc(C#N)cc21. The van der Waals surface area contributed by atoms with Crippen LogP contribution in [0.3, 0.4) is 0 Å². The lowest BCUT2D eigenvalue weighted by Gasteiger charge is -2.58. The molecule has 3 aromatic rings. The molecule has 0 aliphatic carbocycles. The van der Waals surface area contributed by atoms with E-state index in [-0.39, 0.29) is 57.7 Å². The zero-order valence-electron chi connectivity index (χ0n) is 31.6. The Morgan fingerprint density at radius 1 is 1.02 bits per heavy atom. The second kappa shape index (κ2) is 15.3. The van der Waals surface area contributed by atoms with Crippen molar-refractivity contribution in [2.24, 2.45) is 0 Å². The second-order valence-electron chi connectivity index (χ2n) is 14.4. The van der Waals surface area contributed by atoms with Gasteiger partial charge in [0.15, 0.2) is 5.54 Å². The van der Waals surface area contributed by atoms with Crippen LogP contribution < -0.4 is 29.1 Å².